The minimum Gasteiger partial charge on any atom is -0.491 e. The highest BCUT2D eigenvalue weighted by Gasteiger charge is 2.18. The van der Waals surface area contributed by atoms with Crippen LogP contribution in [0.25, 0.3) is 0 Å². The van der Waals surface area contributed by atoms with E-state index in [-0.39, 0.29) is 29.5 Å². The Hall–Kier alpha value is -3.53. The summed E-state index contributed by atoms with van der Waals surface area (Å²) in [5.41, 5.74) is 3.38. The summed E-state index contributed by atoms with van der Waals surface area (Å²) >= 11 is 0. The summed E-state index contributed by atoms with van der Waals surface area (Å²) in [6.45, 7) is 7.05. The number of aryl methyl sites for hydroxylation is 1. The monoisotopic (exact) mass is 423 g/mol. The van der Waals surface area contributed by atoms with Crippen molar-refractivity contribution in [3.63, 3.8) is 0 Å². The van der Waals surface area contributed by atoms with Gasteiger partial charge in [-0.2, -0.15) is 4.68 Å². The van der Waals surface area contributed by atoms with Crippen molar-refractivity contribution in [2.24, 2.45) is 0 Å². The van der Waals surface area contributed by atoms with Gasteiger partial charge in [0.25, 0.3) is 5.88 Å². The molecule has 10 heteroatoms. The molecule has 0 fully saturated rings. The number of pyridine rings is 1. The van der Waals surface area contributed by atoms with Crippen LogP contribution in [0.4, 0.5) is 0 Å². The van der Waals surface area contributed by atoms with Crippen molar-refractivity contribution in [3.05, 3.63) is 58.2 Å². The molecule has 0 unspecified atom stereocenters. The Morgan fingerprint density at radius 1 is 1.29 bits per heavy atom. The fourth-order valence-electron chi connectivity index (χ4n) is 3.46. The van der Waals surface area contributed by atoms with Crippen molar-refractivity contribution in [3.8, 4) is 11.6 Å². The molecule has 0 spiro atoms. The van der Waals surface area contributed by atoms with Crippen molar-refractivity contribution in [2.45, 2.75) is 33.4 Å². The van der Waals surface area contributed by atoms with E-state index in [9.17, 15) is 0 Å². The zero-order valence-electron chi connectivity index (χ0n) is 17.8. The predicted octanol–water partition coefficient (Wildman–Crippen LogP) is 1.89. The molecule has 0 atom stereocenters. The van der Waals surface area contributed by atoms with Gasteiger partial charge >= 0.3 is 0 Å². The summed E-state index contributed by atoms with van der Waals surface area (Å²) in [6.07, 6.45) is 0.917. The molecule has 1 aliphatic rings. The van der Waals surface area contributed by atoms with Crippen LogP contribution >= 0.6 is 0 Å². The molecular formula is C21H25N7O3. The number of rotatable bonds is 6. The molecule has 2 N–H and O–H groups in total. The van der Waals surface area contributed by atoms with E-state index in [0.717, 1.165) is 42.1 Å². The number of fused-ring (bicyclic) bond motifs is 1. The fourth-order valence-corrected chi connectivity index (χ4v) is 3.46. The molecule has 31 heavy (non-hydrogen) atoms. The van der Waals surface area contributed by atoms with Gasteiger partial charge in [-0.25, -0.2) is 0 Å². The van der Waals surface area contributed by atoms with E-state index in [1.807, 2.05) is 6.07 Å². The highest BCUT2D eigenvalue weighted by molar-refractivity contribution is 5.95. The molecule has 0 amide bonds. The summed E-state index contributed by atoms with van der Waals surface area (Å²) < 4.78 is 17.3. The first kappa shape index (κ1) is 20.7. The van der Waals surface area contributed by atoms with Gasteiger partial charge in [-0.1, -0.05) is 18.1 Å². The highest BCUT2D eigenvalue weighted by Crippen LogP contribution is 2.23. The first-order valence-corrected chi connectivity index (χ1v) is 10.1. The van der Waals surface area contributed by atoms with Gasteiger partial charge < -0.3 is 14.0 Å². The maximum absolute atomic E-state index is 8.33. The zero-order chi connectivity index (χ0) is 22.0. The maximum atomic E-state index is 8.33. The minimum atomic E-state index is -0.0956. The number of methoxy groups -OCH3 is 1. The van der Waals surface area contributed by atoms with Gasteiger partial charge in [-0.05, 0) is 25.1 Å². The largest absolute Gasteiger partial charge is 0.491 e. The molecule has 0 aromatic carbocycles. The molecule has 0 saturated heterocycles. The van der Waals surface area contributed by atoms with Crippen molar-refractivity contribution >= 4 is 5.84 Å². The number of ether oxygens (including phenoxy) is 2. The van der Waals surface area contributed by atoms with Crippen molar-refractivity contribution in [1.29, 1.82) is 10.8 Å². The number of nitrogens with one attached hydrogen (secondary N) is 2. The number of aromatic nitrogens is 4. The van der Waals surface area contributed by atoms with Crippen LogP contribution in [-0.4, -0.2) is 50.9 Å². The van der Waals surface area contributed by atoms with E-state index < -0.39 is 0 Å². The fraction of sp³-hybridized carbons (Fsp3) is 0.381. The Kier molecular flexibility index (Phi) is 5.81. The number of likely N-dealkylation sites (N-methyl/N-ethyl adjacent to an activating group) is 1. The Morgan fingerprint density at radius 3 is 2.84 bits per heavy atom. The van der Waals surface area contributed by atoms with Gasteiger partial charge in [0.15, 0.2) is 22.8 Å². The second-order valence-corrected chi connectivity index (χ2v) is 7.30. The number of hydrogen-bond acceptors (Lipinski definition) is 9. The highest BCUT2D eigenvalue weighted by atomic mass is 16.5. The van der Waals surface area contributed by atoms with Gasteiger partial charge in [-0.15, -0.1) is 5.10 Å². The lowest BCUT2D eigenvalue weighted by Crippen LogP contribution is -2.31. The van der Waals surface area contributed by atoms with E-state index in [1.165, 1.54) is 18.7 Å². The quantitative estimate of drug-likeness (QED) is 0.458. The molecule has 1 aliphatic heterocycles. The van der Waals surface area contributed by atoms with Crippen LogP contribution in [0.1, 0.15) is 35.3 Å². The minimum absolute atomic E-state index is 0.0396. The molecule has 4 heterocycles. The Labute approximate surface area is 179 Å². The van der Waals surface area contributed by atoms with Gasteiger partial charge in [0, 0.05) is 37.3 Å². The first-order chi connectivity index (χ1) is 15.0. The molecule has 162 valence electrons. The average Bonchev–Trinajstić information content (AvgIpc) is 3.23. The van der Waals surface area contributed by atoms with Crippen LogP contribution in [-0.2, 0) is 19.6 Å². The van der Waals surface area contributed by atoms with Crippen LogP contribution in [0.3, 0.4) is 0 Å². The van der Waals surface area contributed by atoms with Crippen LogP contribution in [0.5, 0.6) is 11.6 Å². The first-order valence-electron chi connectivity index (χ1n) is 10.1. The lowest BCUT2D eigenvalue weighted by molar-refractivity contribution is 0.256. The average molecular weight is 423 g/mol. The molecule has 0 aliphatic carbocycles. The van der Waals surface area contributed by atoms with Crippen molar-refractivity contribution in [2.75, 3.05) is 20.2 Å². The summed E-state index contributed by atoms with van der Waals surface area (Å²) in [5.74, 6) is 0.946. The molecule has 10 nitrogen and oxygen atoms in total. The maximum Gasteiger partial charge on any atom is 0.275 e. The number of hydrogen-bond donors (Lipinski definition) is 2. The van der Waals surface area contributed by atoms with E-state index in [4.69, 9.17) is 29.8 Å². The summed E-state index contributed by atoms with van der Waals surface area (Å²) in [7, 11) is 1.48. The van der Waals surface area contributed by atoms with E-state index in [0.29, 0.717) is 11.5 Å². The summed E-state index contributed by atoms with van der Waals surface area (Å²) in [6, 6.07) is 7.11. The van der Waals surface area contributed by atoms with E-state index in [2.05, 4.69) is 28.1 Å². The normalized spacial score (nSPS) is 13.6. The molecule has 0 saturated carbocycles. The van der Waals surface area contributed by atoms with Gasteiger partial charge in [0.1, 0.15) is 12.4 Å². The van der Waals surface area contributed by atoms with Crippen molar-refractivity contribution in [1.82, 2.24) is 24.8 Å². The van der Waals surface area contributed by atoms with E-state index in [1.54, 1.807) is 13.0 Å². The van der Waals surface area contributed by atoms with E-state index >= 15 is 0 Å². The third-order valence-electron chi connectivity index (χ3n) is 5.19. The van der Waals surface area contributed by atoms with Gasteiger partial charge in [0.2, 0.25) is 0 Å². The van der Waals surface area contributed by atoms with Gasteiger partial charge in [-0.3, -0.25) is 20.7 Å². The second-order valence-electron chi connectivity index (χ2n) is 7.30. The molecule has 0 bridgehead atoms. The topological polar surface area (TPSA) is 126 Å². The van der Waals surface area contributed by atoms with Crippen molar-refractivity contribution < 1.29 is 14.0 Å². The summed E-state index contributed by atoms with van der Waals surface area (Å²) in [4.78, 5) is 7.14. The standard InChI is InChI=1S/C21H25N7O3/c1-4-27-8-7-16-14(11-27)5-6-15(24-16)12-30-21-18(29-3)10-19(22)28(25-21)20(23)17-9-13(2)31-26-17/h5-6,9-10,22-23H,4,7-8,11-12H2,1-3H3. The second kappa shape index (κ2) is 8.68. The Bertz CT molecular complexity index is 1170. The van der Waals surface area contributed by atoms with Gasteiger partial charge in [0.05, 0.1) is 12.8 Å². The summed E-state index contributed by atoms with van der Waals surface area (Å²) in [5, 5.41) is 24.6. The lowest BCUT2D eigenvalue weighted by Gasteiger charge is -2.27. The van der Waals surface area contributed by atoms with Crippen LogP contribution < -0.4 is 15.0 Å². The Balaban J connectivity index is 1.55. The SMILES string of the molecule is CCN1CCc2nc(COc3nn(C(=N)c4cc(C)on4)c(=N)cc3OC)ccc2C1. The molecular weight excluding hydrogens is 398 g/mol. The molecule has 3 aromatic heterocycles. The molecule has 3 aromatic rings. The zero-order valence-corrected chi connectivity index (χ0v) is 17.8. The molecule has 4 rings (SSSR count). The third-order valence-corrected chi connectivity index (χ3v) is 5.19. The molecule has 0 radical (unpaired) electrons. The lowest BCUT2D eigenvalue weighted by atomic mass is 10.1. The number of nitrogens with zero attached hydrogens (tertiary/aromatic N) is 5. The van der Waals surface area contributed by atoms with Crippen LogP contribution in [0.2, 0.25) is 0 Å². The smallest absolute Gasteiger partial charge is 0.275 e. The third kappa shape index (κ3) is 4.33. The van der Waals surface area contributed by atoms with Crippen LogP contribution in [0, 0.1) is 17.7 Å². The van der Waals surface area contributed by atoms with Crippen LogP contribution in [0.15, 0.2) is 28.8 Å². The Morgan fingerprint density at radius 2 is 2.13 bits per heavy atom. The predicted molar refractivity (Wildman–Crippen MR) is 111 cm³/mol.